The van der Waals surface area contributed by atoms with Crippen molar-refractivity contribution in [3.05, 3.63) is 0 Å². The number of ether oxygens (including phenoxy) is 1. The number of aliphatic hydroxyl groups excluding tert-OH is 1. The van der Waals surface area contributed by atoms with Gasteiger partial charge >= 0.3 is 5.97 Å². The van der Waals surface area contributed by atoms with Crippen LogP contribution in [0.3, 0.4) is 0 Å². The maximum atomic E-state index is 11.8. The first kappa shape index (κ1) is 33.2. The third-order valence-corrected chi connectivity index (χ3v) is 12.9. The number of hydrogen-bond acceptors (Lipinski definition) is 7. The number of nitrogens with one attached hydrogen (secondary N) is 1. The zero-order valence-corrected chi connectivity index (χ0v) is 26.9. The van der Waals surface area contributed by atoms with Crippen LogP contribution in [-0.4, -0.2) is 74.5 Å². The fraction of sp³-hybridized carbons (Fsp3) is 0.971. The minimum Gasteiger partial charge on any atom is -0.469 e. The molecule has 0 aliphatic heterocycles. The first-order valence-electron chi connectivity index (χ1n) is 17.3. The second-order valence-electron chi connectivity index (χ2n) is 15.0. The molecule has 7 heteroatoms. The molecule has 238 valence electrons. The lowest BCUT2D eigenvalue weighted by Crippen LogP contribution is -2.59. The van der Waals surface area contributed by atoms with Gasteiger partial charge in [0.15, 0.2) is 0 Å². The lowest BCUT2D eigenvalue weighted by Gasteiger charge is -2.62. The van der Waals surface area contributed by atoms with Crippen LogP contribution in [0, 0.1) is 46.3 Å². The van der Waals surface area contributed by atoms with Gasteiger partial charge in [-0.2, -0.15) is 0 Å². The van der Waals surface area contributed by atoms with E-state index < -0.39 is 0 Å². The van der Waals surface area contributed by atoms with Crippen molar-refractivity contribution in [2.45, 2.75) is 116 Å². The van der Waals surface area contributed by atoms with Gasteiger partial charge in [0.1, 0.15) is 0 Å². The first-order valence-corrected chi connectivity index (χ1v) is 17.3. The molecule has 4 fully saturated rings. The summed E-state index contributed by atoms with van der Waals surface area (Å²) in [6.45, 7) is 13.3. The second kappa shape index (κ2) is 14.8. The van der Waals surface area contributed by atoms with E-state index in [1.807, 2.05) is 0 Å². The van der Waals surface area contributed by atoms with Crippen LogP contribution in [0.4, 0.5) is 0 Å². The van der Waals surface area contributed by atoms with Gasteiger partial charge in [-0.05, 0) is 163 Å². The molecule has 4 rings (SSSR count). The number of hydrogen-bond donors (Lipinski definition) is 4. The van der Waals surface area contributed by atoms with Crippen LogP contribution in [-0.2, 0) is 9.53 Å². The summed E-state index contributed by atoms with van der Waals surface area (Å²) in [4.78, 5) is 14.3. The zero-order valence-electron chi connectivity index (χ0n) is 26.9. The highest BCUT2D eigenvalue weighted by molar-refractivity contribution is 5.69. The summed E-state index contributed by atoms with van der Waals surface area (Å²) in [5, 5.41) is 15.7. The number of aliphatic hydroxyl groups is 1. The molecule has 4 aliphatic rings. The Bertz CT molecular complexity index is 820. The largest absolute Gasteiger partial charge is 0.469 e. The molecule has 0 aromatic rings. The summed E-state index contributed by atoms with van der Waals surface area (Å²) in [5.41, 5.74) is 12.2. The van der Waals surface area contributed by atoms with E-state index in [1.165, 1.54) is 58.5 Å². The molecule has 7 nitrogen and oxygen atoms in total. The number of nitrogens with zero attached hydrogens (tertiary/aromatic N) is 1. The molecule has 0 radical (unpaired) electrons. The minimum absolute atomic E-state index is 0.0842. The molecule has 0 bridgehead atoms. The highest BCUT2D eigenvalue weighted by atomic mass is 16.5. The van der Waals surface area contributed by atoms with E-state index in [4.69, 9.17) is 16.2 Å². The van der Waals surface area contributed by atoms with Crippen LogP contribution in [0.2, 0.25) is 0 Å². The fourth-order valence-electron chi connectivity index (χ4n) is 10.6. The van der Waals surface area contributed by atoms with Crippen molar-refractivity contribution in [2.75, 3.05) is 46.4 Å². The average Bonchev–Trinajstić information content (AvgIpc) is 3.32. The van der Waals surface area contributed by atoms with Gasteiger partial charge in [-0.25, -0.2) is 0 Å². The maximum absolute atomic E-state index is 11.8. The van der Waals surface area contributed by atoms with E-state index >= 15 is 0 Å². The van der Waals surface area contributed by atoms with Crippen molar-refractivity contribution in [1.29, 1.82) is 0 Å². The lowest BCUT2D eigenvalue weighted by molar-refractivity contribution is -0.167. The molecule has 0 aromatic heterocycles. The number of rotatable bonds is 15. The summed E-state index contributed by atoms with van der Waals surface area (Å²) in [7, 11) is 1.49. The third-order valence-electron chi connectivity index (χ3n) is 12.9. The van der Waals surface area contributed by atoms with Gasteiger partial charge < -0.3 is 31.5 Å². The molecular formula is C34H64N4O3. The molecule has 4 aliphatic carbocycles. The van der Waals surface area contributed by atoms with Gasteiger partial charge in [0.25, 0.3) is 0 Å². The van der Waals surface area contributed by atoms with Crippen molar-refractivity contribution in [1.82, 2.24) is 10.2 Å². The quantitative estimate of drug-likeness (QED) is 0.167. The Hall–Kier alpha value is -0.730. The number of carbonyl (C=O) groups is 1. The van der Waals surface area contributed by atoms with E-state index in [1.54, 1.807) is 0 Å². The highest BCUT2D eigenvalue weighted by Gasteiger charge is 2.62. The van der Waals surface area contributed by atoms with Gasteiger partial charge in [0.2, 0.25) is 0 Å². The smallest absolute Gasteiger partial charge is 0.305 e. The van der Waals surface area contributed by atoms with Gasteiger partial charge in [0.05, 0.1) is 13.2 Å². The summed E-state index contributed by atoms with van der Waals surface area (Å²) in [6.07, 6.45) is 14.4. The highest BCUT2D eigenvalue weighted by Crippen LogP contribution is 2.68. The number of esters is 1. The van der Waals surface area contributed by atoms with Gasteiger partial charge in [0, 0.05) is 12.5 Å². The van der Waals surface area contributed by atoms with E-state index in [0.717, 1.165) is 65.0 Å². The molecule has 0 amide bonds. The fourth-order valence-corrected chi connectivity index (χ4v) is 10.6. The van der Waals surface area contributed by atoms with E-state index in [0.29, 0.717) is 58.8 Å². The van der Waals surface area contributed by atoms with Crippen LogP contribution >= 0.6 is 0 Å². The molecule has 0 spiro atoms. The van der Waals surface area contributed by atoms with Crippen molar-refractivity contribution in [2.24, 2.45) is 57.8 Å². The Kier molecular flexibility index (Phi) is 12.0. The van der Waals surface area contributed by atoms with E-state index in [9.17, 15) is 9.90 Å². The Morgan fingerprint density at radius 1 is 0.976 bits per heavy atom. The Labute approximate surface area is 251 Å². The average molecular weight is 577 g/mol. The van der Waals surface area contributed by atoms with Crippen molar-refractivity contribution in [3.63, 3.8) is 0 Å². The molecule has 0 heterocycles. The predicted octanol–water partition coefficient (Wildman–Crippen LogP) is 4.55. The monoisotopic (exact) mass is 576 g/mol. The van der Waals surface area contributed by atoms with E-state index in [2.05, 4.69) is 31.0 Å². The molecule has 0 aromatic carbocycles. The molecular weight excluding hydrogens is 512 g/mol. The van der Waals surface area contributed by atoms with Crippen molar-refractivity contribution in [3.8, 4) is 0 Å². The first-order chi connectivity index (χ1) is 19.7. The molecule has 5 unspecified atom stereocenters. The molecule has 6 N–H and O–H groups in total. The van der Waals surface area contributed by atoms with Gasteiger partial charge in [-0.15, -0.1) is 0 Å². The lowest BCUT2D eigenvalue weighted by atomic mass is 9.43. The molecule has 0 saturated heterocycles. The zero-order chi connectivity index (χ0) is 29.6. The second-order valence-corrected chi connectivity index (χ2v) is 15.0. The van der Waals surface area contributed by atoms with E-state index in [-0.39, 0.29) is 12.1 Å². The van der Waals surface area contributed by atoms with Gasteiger partial charge in [-0.1, -0.05) is 20.8 Å². The van der Waals surface area contributed by atoms with Gasteiger partial charge in [-0.3, -0.25) is 4.79 Å². The Morgan fingerprint density at radius 3 is 2.32 bits per heavy atom. The van der Waals surface area contributed by atoms with Crippen molar-refractivity contribution >= 4 is 5.97 Å². The van der Waals surface area contributed by atoms with Crippen molar-refractivity contribution < 1.29 is 14.6 Å². The third kappa shape index (κ3) is 7.33. The normalized spacial score (nSPS) is 39.2. The summed E-state index contributed by atoms with van der Waals surface area (Å²) in [5.74, 6) is 3.44. The van der Waals surface area contributed by atoms with Crippen LogP contribution in [0.1, 0.15) is 104 Å². The molecule has 4 saturated carbocycles. The Balaban J connectivity index is 1.31. The standard InChI is InChI=1S/C34H64N4O3/c1-24(8-11-31(40)41-4)27-9-10-28-32-29(13-15-34(27,28)3)33(2)14-12-26(22-25(33)23-30(32)39)37-18-7-21-38(19-5-16-35)20-6-17-36/h24-30,32,37,39H,5-23,35-36H2,1-4H3/t24-,25?,26+,27?,28?,29?,30-,32?,33+,34-/m1/s1. The summed E-state index contributed by atoms with van der Waals surface area (Å²) in [6, 6.07) is 0.582. The SMILES string of the molecule is COC(=O)CC[C@@H](C)C1CCC2C3C(CC[C@@]21C)[C@@]1(C)CC[C@H](NCCCN(CCCN)CCCN)CC1C[C@H]3O. The number of nitrogens with two attached hydrogens (primary N) is 2. The predicted molar refractivity (Wildman–Crippen MR) is 167 cm³/mol. The van der Waals surface area contributed by atoms with Crippen LogP contribution in [0.15, 0.2) is 0 Å². The topological polar surface area (TPSA) is 114 Å². The molecule has 41 heavy (non-hydrogen) atoms. The molecule has 10 atom stereocenters. The van der Waals surface area contributed by atoms with Crippen LogP contribution < -0.4 is 16.8 Å². The van der Waals surface area contributed by atoms with Crippen LogP contribution in [0.25, 0.3) is 0 Å². The summed E-state index contributed by atoms with van der Waals surface area (Å²) < 4.78 is 4.92. The number of methoxy groups -OCH3 is 1. The number of carbonyl (C=O) groups excluding carboxylic acids is 1. The summed E-state index contributed by atoms with van der Waals surface area (Å²) >= 11 is 0. The van der Waals surface area contributed by atoms with Crippen LogP contribution in [0.5, 0.6) is 0 Å². The Morgan fingerprint density at radius 2 is 1.63 bits per heavy atom. The minimum atomic E-state index is -0.163. The number of fused-ring (bicyclic) bond motifs is 5. The maximum Gasteiger partial charge on any atom is 0.305 e.